The Balaban J connectivity index is 1.56. The maximum Gasteiger partial charge on any atom is 0.417 e. The number of nitrogens with zero attached hydrogens (tertiary/aromatic N) is 5. The molecule has 8 rings (SSSR count). The van der Waals surface area contributed by atoms with Crippen molar-refractivity contribution in [1.82, 2.24) is 9.13 Å². The zero-order valence-corrected chi connectivity index (χ0v) is 24.9. The summed E-state index contributed by atoms with van der Waals surface area (Å²) in [4.78, 5) is 0. The van der Waals surface area contributed by atoms with Gasteiger partial charge >= 0.3 is 6.18 Å². The highest BCUT2D eigenvalue weighted by Gasteiger charge is 2.35. The Labute approximate surface area is 271 Å². The number of benzene rings is 6. The number of rotatable bonds is 3. The molecule has 2 aromatic heterocycles. The third-order valence-corrected chi connectivity index (χ3v) is 8.84. The molecule has 5 nitrogen and oxygen atoms in total. The Morgan fingerprint density at radius 3 is 1.56 bits per heavy atom. The van der Waals surface area contributed by atoms with Crippen LogP contribution in [0.4, 0.5) is 13.2 Å². The van der Waals surface area contributed by atoms with Crippen LogP contribution in [-0.2, 0) is 6.18 Å². The number of hydrogen-bond donors (Lipinski definition) is 0. The molecule has 0 N–H and O–H groups in total. The van der Waals surface area contributed by atoms with E-state index in [9.17, 15) is 29.0 Å². The van der Waals surface area contributed by atoms with Crippen molar-refractivity contribution in [2.45, 2.75) is 6.18 Å². The zero-order chi connectivity index (χ0) is 33.2. The standard InChI is InChI=1S/C40H20F3N5/c41-40(42,43)32-9-5-6-27(23-46)39(32)26-14-17-37(47-33-10-3-1-7-28(33)30-18-24(21-44)12-15-35(30)47)38(20-26)48-34-11-4-2-8-29(34)31-19-25(22-45)13-16-36(31)48/h1-20H. The van der Waals surface area contributed by atoms with Gasteiger partial charge in [0.1, 0.15) is 0 Å². The zero-order valence-electron chi connectivity index (χ0n) is 24.9. The summed E-state index contributed by atoms with van der Waals surface area (Å²) in [7, 11) is 0. The summed E-state index contributed by atoms with van der Waals surface area (Å²) in [6.07, 6.45) is -4.70. The maximum absolute atomic E-state index is 14.5. The van der Waals surface area contributed by atoms with Gasteiger partial charge in [-0.15, -0.1) is 0 Å². The minimum atomic E-state index is -4.70. The van der Waals surface area contributed by atoms with E-state index in [-0.39, 0.29) is 16.7 Å². The van der Waals surface area contributed by atoms with E-state index in [2.05, 4.69) is 16.7 Å². The monoisotopic (exact) mass is 627 g/mol. The summed E-state index contributed by atoms with van der Waals surface area (Å²) in [5.41, 5.74) is 4.45. The van der Waals surface area contributed by atoms with Gasteiger partial charge in [0.15, 0.2) is 0 Å². The van der Waals surface area contributed by atoms with E-state index >= 15 is 0 Å². The first-order valence-corrected chi connectivity index (χ1v) is 14.9. The first-order valence-electron chi connectivity index (χ1n) is 14.9. The molecule has 8 heteroatoms. The minimum absolute atomic E-state index is 0.0923. The van der Waals surface area contributed by atoms with Gasteiger partial charge in [-0.1, -0.05) is 48.5 Å². The average molecular weight is 628 g/mol. The van der Waals surface area contributed by atoms with E-state index in [4.69, 9.17) is 0 Å². The molecule has 0 radical (unpaired) electrons. The first-order chi connectivity index (χ1) is 23.3. The molecule has 0 amide bonds. The fraction of sp³-hybridized carbons (Fsp3) is 0.0250. The third kappa shape index (κ3) is 4.23. The van der Waals surface area contributed by atoms with Crippen LogP contribution in [0, 0.1) is 34.0 Å². The molecule has 0 aliphatic carbocycles. The second-order valence-electron chi connectivity index (χ2n) is 11.4. The Morgan fingerprint density at radius 1 is 0.479 bits per heavy atom. The Hall–Kier alpha value is -6.82. The normalized spacial score (nSPS) is 11.6. The largest absolute Gasteiger partial charge is 0.417 e. The van der Waals surface area contributed by atoms with E-state index in [1.54, 1.807) is 30.3 Å². The lowest BCUT2D eigenvalue weighted by atomic mass is 9.93. The Kier molecular flexibility index (Phi) is 6.34. The number of nitriles is 3. The van der Waals surface area contributed by atoms with Gasteiger partial charge in [0, 0.05) is 27.1 Å². The van der Waals surface area contributed by atoms with Crippen LogP contribution in [0.3, 0.4) is 0 Å². The molecule has 0 aliphatic heterocycles. The van der Waals surface area contributed by atoms with Crippen LogP contribution in [0.15, 0.2) is 121 Å². The van der Waals surface area contributed by atoms with Crippen molar-refractivity contribution >= 4 is 43.6 Å². The van der Waals surface area contributed by atoms with Gasteiger partial charge in [-0.05, 0) is 78.4 Å². The summed E-state index contributed by atoms with van der Waals surface area (Å²) < 4.78 is 47.4. The second kappa shape index (κ2) is 10.6. The van der Waals surface area contributed by atoms with Crippen LogP contribution < -0.4 is 0 Å². The lowest BCUT2D eigenvalue weighted by Gasteiger charge is -2.20. The van der Waals surface area contributed by atoms with E-state index in [1.165, 1.54) is 12.1 Å². The molecular weight excluding hydrogens is 607 g/mol. The van der Waals surface area contributed by atoms with Crippen LogP contribution in [0.5, 0.6) is 0 Å². The number of halogens is 3. The number of aromatic nitrogens is 2. The van der Waals surface area contributed by atoms with Gasteiger partial charge in [-0.3, -0.25) is 0 Å². The third-order valence-electron chi connectivity index (χ3n) is 8.84. The van der Waals surface area contributed by atoms with Crippen LogP contribution in [0.25, 0.3) is 66.1 Å². The van der Waals surface area contributed by atoms with E-state index in [0.29, 0.717) is 22.5 Å². The number of hydrogen-bond acceptors (Lipinski definition) is 3. The van der Waals surface area contributed by atoms with Crippen LogP contribution in [0.2, 0.25) is 0 Å². The lowest BCUT2D eigenvalue weighted by molar-refractivity contribution is -0.137. The highest BCUT2D eigenvalue weighted by atomic mass is 19.4. The molecule has 226 valence electrons. The summed E-state index contributed by atoms with van der Waals surface area (Å²) in [5, 5.41) is 32.8. The first kappa shape index (κ1) is 28.6. The smallest absolute Gasteiger partial charge is 0.307 e. The van der Waals surface area contributed by atoms with Crippen molar-refractivity contribution in [2.75, 3.05) is 0 Å². The number of para-hydroxylation sites is 2. The highest BCUT2D eigenvalue weighted by Crippen LogP contribution is 2.43. The van der Waals surface area contributed by atoms with Crippen molar-refractivity contribution in [3.8, 4) is 40.7 Å². The van der Waals surface area contributed by atoms with Crippen LogP contribution >= 0.6 is 0 Å². The lowest BCUT2D eigenvalue weighted by Crippen LogP contribution is -2.09. The number of alkyl halides is 3. The Morgan fingerprint density at radius 2 is 1.02 bits per heavy atom. The molecule has 8 aromatic rings. The molecule has 0 unspecified atom stereocenters. The second-order valence-corrected chi connectivity index (χ2v) is 11.4. The van der Waals surface area contributed by atoms with Gasteiger partial charge in [0.05, 0.1) is 73.9 Å². The van der Waals surface area contributed by atoms with Crippen molar-refractivity contribution in [3.05, 3.63) is 144 Å². The van der Waals surface area contributed by atoms with Crippen molar-refractivity contribution in [3.63, 3.8) is 0 Å². The van der Waals surface area contributed by atoms with E-state index in [1.807, 2.05) is 83.4 Å². The highest BCUT2D eigenvalue weighted by molar-refractivity contribution is 6.12. The predicted octanol–water partition coefficient (Wildman–Crippen LogP) is 10.2. The fourth-order valence-corrected chi connectivity index (χ4v) is 6.84. The molecular formula is C40H20F3N5. The van der Waals surface area contributed by atoms with Crippen LogP contribution in [-0.4, -0.2) is 9.13 Å². The van der Waals surface area contributed by atoms with Crippen molar-refractivity contribution in [1.29, 1.82) is 15.8 Å². The molecule has 0 bridgehead atoms. The molecule has 0 fully saturated rings. The van der Waals surface area contributed by atoms with Crippen molar-refractivity contribution < 1.29 is 13.2 Å². The topological polar surface area (TPSA) is 81.2 Å². The molecule has 0 atom stereocenters. The molecule has 48 heavy (non-hydrogen) atoms. The molecule has 6 aromatic carbocycles. The molecule has 0 saturated carbocycles. The number of fused-ring (bicyclic) bond motifs is 6. The molecule has 0 saturated heterocycles. The SMILES string of the molecule is N#Cc1ccc2c(c1)c1ccccc1n2-c1ccc(-c2c(C#N)cccc2C(F)(F)F)cc1-n1c2ccccc2c2cc(C#N)ccc21. The van der Waals surface area contributed by atoms with Gasteiger partial charge in [-0.25, -0.2) is 0 Å². The van der Waals surface area contributed by atoms with E-state index in [0.717, 1.165) is 49.7 Å². The minimum Gasteiger partial charge on any atom is -0.307 e. The Bertz CT molecular complexity index is 2760. The quantitative estimate of drug-likeness (QED) is 0.195. The summed E-state index contributed by atoms with van der Waals surface area (Å²) in [6, 6.07) is 41.4. The summed E-state index contributed by atoms with van der Waals surface area (Å²) >= 11 is 0. The molecule has 0 spiro atoms. The summed E-state index contributed by atoms with van der Waals surface area (Å²) in [6.45, 7) is 0. The van der Waals surface area contributed by atoms with Crippen LogP contribution in [0.1, 0.15) is 22.3 Å². The average Bonchev–Trinajstić information content (AvgIpc) is 3.62. The molecule has 2 heterocycles. The van der Waals surface area contributed by atoms with Gasteiger partial charge in [0.25, 0.3) is 0 Å². The predicted molar refractivity (Wildman–Crippen MR) is 180 cm³/mol. The summed E-state index contributed by atoms with van der Waals surface area (Å²) in [5.74, 6) is 0. The van der Waals surface area contributed by atoms with Crippen molar-refractivity contribution in [2.24, 2.45) is 0 Å². The fourth-order valence-electron chi connectivity index (χ4n) is 6.84. The molecule has 0 aliphatic rings. The van der Waals surface area contributed by atoms with Gasteiger partial charge < -0.3 is 9.13 Å². The maximum atomic E-state index is 14.5. The van der Waals surface area contributed by atoms with Gasteiger partial charge in [-0.2, -0.15) is 29.0 Å². The van der Waals surface area contributed by atoms with Gasteiger partial charge in [0.2, 0.25) is 0 Å². The van der Waals surface area contributed by atoms with E-state index < -0.39 is 11.7 Å².